The van der Waals surface area contributed by atoms with Crippen LogP contribution in [0.4, 0.5) is 0 Å². The molecule has 1 fully saturated rings. The van der Waals surface area contributed by atoms with Crippen molar-refractivity contribution in [2.75, 3.05) is 26.4 Å². The van der Waals surface area contributed by atoms with E-state index in [9.17, 15) is 0 Å². The molecule has 0 amide bonds. The molecular formula is C11H21N3O2. The molecule has 16 heavy (non-hydrogen) atoms. The molecule has 5 heteroatoms. The van der Waals surface area contributed by atoms with Gasteiger partial charge in [0.05, 0.1) is 32.3 Å². The molecule has 1 heterocycles. The van der Waals surface area contributed by atoms with Crippen LogP contribution >= 0.6 is 0 Å². The van der Waals surface area contributed by atoms with Gasteiger partial charge in [0.15, 0.2) is 0 Å². The van der Waals surface area contributed by atoms with Gasteiger partial charge in [0.2, 0.25) is 0 Å². The molecule has 0 aromatic heterocycles. The minimum atomic E-state index is 0.142. The molecule has 0 aromatic rings. The highest BCUT2D eigenvalue weighted by molar-refractivity contribution is 5.51. The first-order chi connectivity index (χ1) is 7.74. The fourth-order valence-corrected chi connectivity index (χ4v) is 1.39. The summed E-state index contributed by atoms with van der Waals surface area (Å²) >= 11 is 0. The van der Waals surface area contributed by atoms with Crippen LogP contribution in [0.25, 0.3) is 0 Å². The van der Waals surface area contributed by atoms with Gasteiger partial charge >= 0.3 is 0 Å². The van der Waals surface area contributed by atoms with E-state index < -0.39 is 0 Å². The third-order valence-electron chi connectivity index (χ3n) is 2.58. The summed E-state index contributed by atoms with van der Waals surface area (Å²) in [6.07, 6.45) is 3.31. The highest BCUT2D eigenvalue weighted by atomic mass is 16.6. The van der Waals surface area contributed by atoms with E-state index in [4.69, 9.17) is 14.9 Å². The molecule has 2 unspecified atom stereocenters. The van der Waals surface area contributed by atoms with Gasteiger partial charge in [-0.3, -0.25) is 5.41 Å². The third kappa shape index (κ3) is 4.63. The lowest BCUT2D eigenvalue weighted by Crippen LogP contribution is -2.36. The van der Waals surface area contributed by atoms with Crippen molar-refractivity contribution in [2.45, 2.75) is 26.0 Å². The Morgan fingerprint density at radius 1 is 1.56 bits per heavy atom. The molecule has 5 nitrogen and oxygen atoms in total. The van der Waals surface area contributed by atoms with Crippen molar-refractivity contribution >= 4 is 6.34 Å². The van der Waals surface area contributed by atoms with Crippen LogP contribution in [0.5, 0.6) is 0 Å². The summed E-state index contributed by atoms with van der Waals surface area (Å²) < 4.78 is 10.8. The lowest BCUT2D eigenvalue weighted by atomic mass is 10.2. The van der Waals surface area contributed by atoms with Crippen molar-refractivity contribution in [2.24, 2.45) is 0 Å². The van der Waals surface area contributed by atoms with Gasteiger partial charge in [-0.2, -0.15) is 0 Å². The average molecular weight is 227 g/mol. The maximum absolute atomic E-state index is 6.94. The Balaban J connectivity index is 2.21. The topological polar surface area (TPSA) is 66.4 Å². The Morgan fingerprint density at radius 2 is 2.38 bits per heavy atom. The molecule has 0 aromatic carbocycles. The molecule has 1 rings (SSSR count). The van der Waals surface area contributed by atoms with Crippen LogP contribution in [0.15, 0.2) is 11.8 Å². The number of nitrogens with one attached hydrogen (secondary N) is 3. The predicted octanol–water partition coefficient (Wildman–Crippen LogP) is 0.480. The van der Waals surface area contributed by atoms with Crippen LogP contribution in [0.2, 0.25) is 0 Å². The summed E-state index contributed by atoms with van der Waals surface area (Å²) in [5.74, 6) is 0. The van der Waals surface area contributed by atoms with Gasteiger partial charge in [-0.25, -0.2) is 0 Å². The lowest BCUT2D eigenvalue weighted by Gasteiger charge is -2.23. The highest BCUT2D eigenvalue weighted by Gasteiger charge is 2.12. The number of hydrogen-bond acceptors (Lipinski definition) is 4. The average Bonchev–Trinajstić information content (AvgIpc) is 2.30. The summed E-state index contributed by atoms with van der Waals surface area (Å²) in [7, 11) is 0. The van der Waals surface area contributed by atoms with Crippen LogP contribution in [0, 0.1) is 5.41 Å². The van der Waals surface area contributed by atoms with Crippen molar-refractivity contribution in [3.05, 3.63) is 11.8 Å². The summed E-state index contributed by atoms with van der Waals surface area (Å²) in [6, 6.07) is 0.175. The van der Waals surface area contributed by atoms with Crippen molar-refractivity contribution in [1.29, 1.82) is 5.41 Å². The van der Waals surface area contributed by atoms with Crippen molar-refractivity contribution in [3.8, 4) is 0 Å². The van der Waals surface area contributed by atoms with Crippen LogP contribution in [0.1, 0.15) is 13.8 Å². The standard InChI is InChI=1S/C11H21N3O2/c1-9(10(2)14-8-12)5-13-6-11-7-15-3-4-16-11/h5,8,10-11,13H,3-4,6-7H2,1-2H3,(H2,12,14)/b9-5+. The molecule has 1 aliphatic heterocycles. The fraction of sp³-hybridized carbons (Fsp3) is 0.727. The van der Waals surface area contributed by atoms with Crippen molar-refractivity contribution in [1.82, 2.24) is 10.6 Å². The van der Waals surface area contributed by atoms with Crippen LogP contribution in [-0.2, 0) is 9.47 Å². The lowest BCUT2D eigenvalue weighted by molar-refractivity contribution is -0.0854. The Bertz CT molecular complexity index is 237. The number of hydrogen-bond donors (Lipinski definition) is 3. The van der Waals surface area contributed by atoms with Gasteiger partial charge < -0.3 is 20.1 Å². The molecule has 3 N–H and O–H groups in total. The maximum Gasteiger partial charge on any atom is 0.0981 e. The Kier molecular flexibility index (Phi) is 5.88. The van der Waals surface area contributed by atoms with Gasteiger partial charge in [0.1, 0.15) is 0 Å². The first-order valence-electron chi connectivity index (χ1n) is 5.58. The number of rotatable bonds is 6. The first-order valence-corrected chi connectivity index (χ1v) is 5.58. The quantitative estimate of drug-likeness (QED) is 0.456. The van der Waals surface area contributed by atoms with E-state index in [-0.39, 0.29) is 12.1 Å². The SMILES string of the molecule is C/C(=C\NCC1COCCO1)C(C)NC=N. The normalized spacial score (nSPS) is 23.6. The maximum atomic E-state index is 6.94. The molecular weight excluding hydrogens is 206 g/mol. The molecule has 0 bridgehead atoms. The second-order valence-corrected chi connectivity index (χ2v) is 3.90. The van der Waals surface area contributed by atoms with E-state index in [0.29, 0.717) is 19.8 Å². The predicted molar refractivity (Wildman–Crippen MR) is 63.7 cm³/mol. The summed E-state index contributed by atoms with van der Waals surface area (Å²) in [5, 5.41) is 13.1. The van der Waals surface area contributed by atoms with Crippen LogP contribution in [-0.4, -0.2) is 44.8 Å². The molecule has 1 saturated heterocycles. The van der Waals surface area contributed by atoms with E-state index in [1.54, 1.807) is 0 Å². The Morgan fingerprint density at radius 3 is 3.00 bits per heavy atom. The highest BCUT2D eigenvalue weighted by Crippen LogP contribution is 2.00. The second kappa shape index (κ2) is 7.24. The molecule has 0 saturated carbocycles. The van der Waals surface area contributed by atoms with E-state index in [1.165, 1.54) is 6.34 Å². The van der Waals surface area contributed by atoms with Crippen LogP contribution < -0.4 is 10.6 Å². The summed E-state index contributed by atoms with van der Waals surface area (Å²) in [6.45, 7) is 6.83. The molecule has 2 atom stereocenters. The Labute approximate surface area is 96.7 Å². The van der Waals surface area contributed by atoms with Crippen LogP contribution in [0.3, 0.4) is 0 Å². The molecule has 0 aliphatic carbocycles. The van der Waals surface area contributed by atoms with Crippen molar-refractivity contribution in [3.63, 3.8) is 0 Å². The zero-order valence-corrected chi connectivity index (χ0v) is 9.95. The smallest absolute Gasteiger partial charge is 0.0981 e. The fourth-order valence-electron chi connectivity index (χ4n) is 1.39. The minimum absolute atomic E-state index is 0.142. The van der Waals surface area contributed by atoms with E-state index in [0.717, 1.165) is 12.1 Å². The largest absolute Gasteiger partial charge is 0.388 e. The first kappa shape index (κ1) is 13.0. The zero-order chi connectivity index (χ0) is 11.8. The third-order valence-corrected chi connectivity index (χ3v) is 2.58. The van der Waals surface area contributed by atoms with E-state index in [1.807, 2.05) is 20.0 Å². The van der Waals surface area contributed by atoms with Gasteiger partial charge in [-0.05, 0) is 25.6 Å². The summed E-state index contributed by atoms with van der Waals surface area (Å²) in [4.78, 5) is 0. The van der Waals surface area contributed by atoms with Gasteiger partial charge in [0.25, 0.3) is 0 Å². The molecule has 1 aliphatic rings. The van der Waals surface area contributed by atoms with Crippen molar-refractivity contribution < 1.29 is 9.47 Å². The van der Waals surface area contributed by atoms with E-state index >= 15 is 0 Å². The summed E-state index contributed by atoms with van der Waals surface area (Å²) in [5.41, 5.74) is 1.15. The molecule has 0 spiro atoms. The van der Waals surface area contributed by atoms with Gasteiger partial charge in [-0.15, -0.1) is 0 Å². The second-order valence-electron chi connectivity index (χ2n) is 3.90. The zero-order valence-electron chi connectivity index (χ0n) is 9.95. The van der Waals surface area contributed by atoms with E-state index in [2.05, 4.69) is 10.6 Å². The molecule has 92 valence electrons. The van der Waals surface area contributed by atoms with Gasteiger partial charge in [0, 0.05) is 12.6 Å². The number of ether oxygens (including phenoxy) is 2. The monoisotopic (exact) mass is 227 g/mol. The van der Waals surface area contributed by atoms with Gasteiger partial charge in [-0.1, -0.05) is 0 Å². The Hall–Kier alpha value is -1.07. The molecule has 0 radical (unpaired) electrons. The minimum Gasteiger partial charge on any atom is -0.388 e.